The third-order valence-electron chi connectivity index (χ3n) is 2.80. The molecular formula is C15H10FN. The molecule has 0 N–H and O–H groups in total. The number of fused-ring (bicyclic) bond motifs is 1. The zero-order valence-electron chi connectivity index (χ0n) is 9.10. The van der Waals surface area contributed by atoms with Crippen LogP contribution in [0.15, 0.2) is 60.8 Å². The Morgan fingerprint density at radius 2 is 1.65 bits per heavy atom. The highest BCUT2D eigenvalue weighted by Gasteiger charge is 2.08. The van der Waals surface area contributed by atoms with E-state index in [-0.39, 0.29) is 5.82 Å². The summed E-state index contributed by atoms with van der Waals surface area (Å²) in [5, 5.41) is 2.11. The van der Waals surface area contributed by atoms with E-state index in [1.165, 1.54) is 6.07 Å². The van der Waals surface area contributed by atoms with Crippen LogP contribution in [0, 0.1) is 5.82 Å². The highest BCUT2D eigenvalue weighted by atomic mass is 19.1. The van der Waals surface area contributed by atoms with Crippen LogP contribution in [0.2, 0.25) is 0 Å². The average molecular weight is 223 g/mol. The van der Waals surface area contributed by atoms with Crippen LogP contribution in [0.25, 0.3) is 22.0 Å². The SMILES string of the molecule is Fc1cccnc1-c1cccc2ccccc12. The van der Waals surface area contributed by atoms with Crippen LogP contribution in [0.4, 0.5) is 4.39 Å². The molecule has 3 aromatic rings. The molecular weight excluding hydrogens is 213 g/mol. The lowest BCUT2D eigenvalue weighted by Crippen LogP contribution is -1.89. The number of hydrogen-bond donors (Lipinski definition) is 0. The number of hydrogen-bond acceptors (Lipinski definition) is 1. The van der Waals surface area contributed by atoms with Crippen LogP contribution < -0.4 is 0 Å². The fraction of sp³-hybridized carbons (Fsp3) is 0. The first-order valence-corrected chi connectivity index (χ1v) is 5.45. The number of halogens is 1. The molecule has 17 heavy (non-hydrogen) atoms. The molecule has 1 heterocycles. The molecule has 0 fully saturated rings. The molecule has 0 bridgehead atoms. The van der Waals surface area contributed by atoms with Gasteiger partial charge in [-0.05, 0) is 22.9 Å². The van der Waals surface area contributed by atoms with E-state index in [0.717, 1.165) is 16.3 Å². The Morgan fingerprint density at radius 3 is 2.53 bits per heavy atom. The van der Waals surface area contributed by atoms with Crippen molar-refractivity contribution >= 4 is 10.8 Å². The first-order chi connectivity index (χ1) is 8.36. The van der Waals surface area contributed by atoms with Gasteiger partial charge in [0.15, 0.2) is 0 Å². The predicted octanol–water partition coefficient (Wildman–Crippen LogP) is 4.04. The lowest BCUT2D eigenvalue weighted by molar-refractivity contribution is 0.626. The van der Waals surface area contributed by atoms with E-state index < -0.39 is 0 Å². The first-order valence-electron chi connectivity index (χ1n) is 5.45. The van der Waals surface area contributed by atoms with Gasteiger partial charge in [0.25, 0.3) is 0 Å². The molecule has 0 spiro atoms. The van der Waals surface area contributed by atoms with E-state index in [9.17, 15) is 4.39 Å². The van der Waals surface area contributed by atoms with Crippen LogP contribution in [0.3, 0.4) is 0 Å². The summed E-state index contributed by atoms with van der Waals surface area (Å²) in [6.07, 6.45) is 1.61. The fourth-order valence-electron chi connectivity index (χ4n) is 2.02. The molecule has 0 unspecified atom stereocenters. The Labute approximate surface area is 98.6 Å². The molecule has 0 saturated carbocycles. The van der Waals surface area contributed by atoms with E-state index in [0.29, 0.717) is 5.69 Å². The second-order valence-corrected chi connectivity index (χ2v) is 3.86. The summed E-state index contributed by atoms with van der Waals surface area (Å²) in [6.45, 7) is 0. The van der Waals surface area contributed by atoms with Gasteiger partial charge in [0.2, 0.25) is 0 Å². The van der Waals surface area contributed by atoms with Crippen molar-refractivity contribution in [2.24, 2.45) is 0 Å². The Bertz CT molecular complexity index is 671. The average Bonchev–Trinajstić information content (AvgIpc) is 2.39. The van der Waals surface area contributed by atoms with Crippen molar-refractivity contribution in [3.8, 4) is 11.3 Å². The molecule has 0 amide bonds. The third-order valence-corrected chi connectivity index (χ3v) is 2.80. The quantitative estimate of drug-likeness (QED) is 0.606. The molecule has 2 heteroatoms. The Balaban J connectivity index is 2.35. The topological polar surface area (TPSA) is 12.9 Å². The minimum atomic E-state index is -0.288. The van der Waals surface area contributed by atoms with E-state index in [2.05, 4.69) is 4.98 Å². The van der Waals surface area contributed by atoms with Gasteiger partial charge < -0.3 is 0 Å². The van der Waals surface area contributed by atoms with Crippen LogP contribution >= 0.6 is 0 Å². The number of benzene rings is 2. The maximum Gasteiger partial charge on any atom is 0.149 e. The smallest absolute Gasteiger partial charge is 0.149 e. The van der Waals surface area contributed by atoms with E-state index in [1.54, 1.807) is 12.3 Å². The Morgan fingerprint density at radius 1 is 0.824 bits per heavy atom. The molecule has 0 atom stereocenters. The van der Waals surface area contributed by atoms with Gasteiger partial charge in [0.1, 0.15) is 11.5 Å². The van der Waals surface area contributed by atoms with Crippen LogP contribution in [0.5, 0.6) is 0 Å². The van der Waals surface area contributed by atoms with Crippen molar-refractivity contribution in [2.75, 3.05) is 0 Å². The molecule has 3 rings (SSSR count). The van der Waals surface area contributed by atoms with Gasteiger partial charge >= 0.3 is 0 Å². The van der Waals surface area contributed by atoms with Crippen LogP contribution in [-0.4, -0.2) is 4.98 Å². The highest BCUT2D eigenvalue weighted by molar-refractivity contribution is 5.95. The molecule has 0 aliphatic carbocycles. The second kappa shape index (κ2) is 3.98. The summed E-state index contributed by atoms with van der Waals surface area (Å²) in [5.41, 5.74) is 1.24. The molecule has 0 saturated heterocycles. The van der Waals surface area contributed by atoms with Crippen molar-refractivity contribution < 1.29 is 4.39 Å². The second-order valence-electron chi connectivity index (χ2n) is 3.86. The summed E-state index contributed by atoms with van der Waals surface area (Å²) >= 11 is 0. The minimum absolute atomic E-state index is 0.288. The van der Waals surface area contributed by atoms with Gasteiger partial charge in [-0.2, -0.15) is 0 Å². The van der Waals surface area contributed by atoms with E-state index >= 15 is 0 Å². The largest absolute Gasteiger partial charge is 0.253 e. The summed E-state index contributed by atoms with van der Waals surface area (Å²) < 4.78 is 13.7. The number of pyridine rings is 1. The van der Waals surface area contributed by atoms with Crippen molar-refractivity contribution in [1.82, 2.24) is 4.98 Å². The normalized spacial score (nSPS) is 10.6. The lowest BCUT2D eigenvalue weighted by Gasteiger charge is -2.06. The van der Waals surface area contributed by atoms with Gasteiger partial charge in [-0.3, -0.25) is 4.98 Å². The summed E-state index contributed by atoms with van der Waals surface area (Å²) in [4.78, 5) is 4.12. The number of nitrogens with zero attached hydrogens (tertiary/aromatic N) is 1. The van der Waals surface area contributed by atoms with Crippen LogP contribution in [0.1, 0.15) is 0 Å². The highest BCUT2D eigenvalue weighted by Crippen LogP contribution is 2.28. The standard InChI is InChI=1S/C15H10FN/c16-14-9-4-10-17-15(14)13-8-3-6-11-5-1-2-7-12(11)13/h1-10H. The fourth-order valence-corrected chi connectivity index (χ4v) is 2.02. The Kier molecular flexibility index (Phi) is 2.33. The van der Waals surface area contributed by atoms with E-state index in [4.69, 9.17) is 0 Å². The number of rotatable bonds is 1. The zero-order valence-corrected chi connectivity index (χ0v) is 9.10. The summed E-state index contributed by atoms with van der Waals surface area (Å²) in [6, 6.07) is 16.8. The minimum Gasteiger partial charge on any atom is -0.253 e. The third kappa shape index (κ3) is 1.68. The summed E-state index contributed by atoms with van der Waals surface area (Å²) in [5.74, 6) is -0.288. The monoisotopic (exact) mass is 223 g/mol. The molecule has 0 aliphatic heterocycles. The molecule has 2 aromatic carbocycles. The van der Waals surface area contributed by atoms with Gasteiger partial charge in [-0.1, -0.05) is 42.5 Å². The molecule has 1 aromatic heterocycles. The van der Waals surface area contributed by atoms with Gasteiger partial charge in [-0.25, -0.2) is 4.39 Å². The van der Waals surface area contributed by atoms with Gasteiger partial charge in [0, 0.05) is 11.8 Å². The lowest BCUT2D eigenvalue weighted by atomic mass is 10.0. The molecule has 82 valence electrons. The molecule has 0 radical (unpaired) electrons. The van der Waals surface area contributed by atoms with Gasteiger partial charge in [-0.15, -0.1) is 0 Å². The maximum atomic E-state index is 13.7. The molecule has 0 aliphatic rings. The predicted molar refractivity (Wildman–Crippen MR) is 67.1 cm³/mol. The van der Waals surface area contributed by atoms with Crippen molar-refractivity contribution in [2.45, 2.75) is 0 Å². The van der Waals surface area contributed by atoms with Crippen molar-refractivity contribution in [1.29, 1.82) is 0 Å². The van der Waals surface area contributed by atoms with Crippen LogP contribution in [-0.2, 0) is 0 Å². The summed E-state index contributed by atoms with van der Waals surface area (Å²) in [7, 11) is 0. The van der Waals surface area contributed by atoms with Crippen molar-refractivity contribution in [3.05, 3.63) is 66.6 Å². The molecule has 1 nitrogen and oxygen atoms in total. The van der Waals surface area contributed by atoms with Gasteiger partial charge in [0.05, 0.1) is 0 Å². The number of aromatic nitrogens is 1. The van der Waals surface area contributed by atoms with Crippen molar-refractivity contribution in [3.63, 3.8) is 0 Å². The Hall–Kier alpha value is -2.22. The maximum absolute atomic E-state index is 13.7. The first kappa shape index (κ1) is 9.97. The van der Waals surface area contributed by atoms with E-state index in [1.807, 2.05) is 42.5 Å². The zero-order chi connectivity index (χ0) is 11.7.